The maximum atomic E-state index is 11.7. The van der Waals surface area contributed by atoms with Gasteiger partial charge in [-0.1, -0.05) is 26.2 Å². The lowest BCUT2D eigenvalue weighted by Crippen LogP contribution is -2.56. The van der Waals surface area contributed by atoms with Crippen molar-refractivity contribution in [2.45, 2.75) is 51.0 Å². The lowest BCUT2D eigenvalue weighted by Gasteiger charge is -2.30. The van der Waals surface area contributed by atoms with E-state index in [2.05, 4.69) is 12.2 Å². The number of nitrogens with two attached hydrogens (primary N) is 1. The molecule has 1 rings (SSSR count). The van der Waals surface area contributed by atoms with Gasteiger partial charge in [-0.15, -0.1) is 0 Å². The van der Waals surface area contributed by atoms with Crippen molar-refractivity contribution in [3.05, 3.63) is 0 Å². The summed E-state index contributed by atoms with van der Waals surface area (Å²) in [5.41, 5.74) is 5.10. The Morgan fingerprint density at radius 2 is 2.24 bits per heavy atom. The van der Waals surface area contributed by atoms with Gasteiger partial charge in [0.2, 0.25) is 5.91 Å². The molecule has 0 spiro atoms. The lowest BCUT2D eigenvalue weighted by molar-refractivity contribution is -0.125. The molecule has 1 aliphatic carbocycles. The van der Waals surface area contributed by atoms with Crippen molar-refractivity contribution in [1.29, 1.82) is 0 Å². The number of hydrogen-bond donors (Lipinski definition) is 2. The fourth-order valence-corrected chi connectivity index (χ4v) is 2.72. The third kappa shape index (κ3) is 3.96. The molecule has 1 saturated carbocycles. The molecular weight excluding hydrogens is 216 g/mol. The summed E-state index contributed by atoms with van der Waals surface area (Å²) in [6, 6.07) is 0. The first kappa shape index (κ1) is 14.5. The summed E-state index contributed by atoms with van der Waals surface area (Å²) in [6.45, 7) is 3.53. The number of rotatable bonds is 6. The fraction of sp³-hybridized carbons (Fsp3) is 0.923. The van der Waals surface area contributed by atoms with Gasteiger partial charge in [-0.2, -0.15) is 0 Å². The van der Waals surface area contributed by atoms with E-state index in [1.807, 2.05) is 0 Å². The van der Waals surface area contributed by atoms with Gasteiger partial charge in [0.15, 0.2) is 0 Å². The molecule has 0 radical (unpaired) electrons. The first-order chi connectivity index (χ1) is 8.14. The van der Waals surface area contributed by atoms with Crippen LogP contribution in [0.3, 0.4) is 0 Å². The number of carbonyl (C=O) groups excluding carboxylic acids is 1. The number of amides is 1. The molecule has 4 heteroatoms. The van der Waals surface area contributed by atoms with Crippen LogP contribution in [-0.4, -0.2) is 31.7 Å². The van der Waals surface area contributed by atoms with E-state index in [-0.39, 0.29) is 5.91 Å². The van der Waals surface area contributed by atoms with Crippen molar-refractivity contribution >= 4 is 5.91 Å². The fourth-order valence-electron chi connectivity index (χ4n) is 2.72. The molecular formula is C13H26N2O2. The monoisotopic (exact) mass is 242 g/mol. The molecule has 1 amide bonds. The molecule has 0 heterocycles. The highest BCUT2D eigenvalue weighted by Crippen LogP contribution is 2.31. The van der Waals surface area contributed by atoms with Crippen LogP contribution < -0.4 is 11.1 Å². The van der Waals surface area contributed by atoms with Gasteiger partial charge in [0.25, 0.3) is 0 Å². The Hall–Kier alpha value is -0.610. The normalized spacial score (nSPS) is 29.9. The number of primary amides is 1. The SMILES string of the molecule is CCC1CCCC(NCCOC)(C(N)=O)CC1. The van der Waals surface area contributed by atoms with Crippen LogP contribution in [0.2, 0.25) is 0 Å². The van der Waals surface area contributed by atoms with Gasteiger partial charge < -0.3 is 15.8 Å². The summed E-state index contributed by atoms with van der Waals surface area (Å²) >= 11 is 0. The lowest BCUT2D eigenvalue weighted by atomic mass is 9.88. The van der Waals surface area contributed by atoms with Crippen LogP contribution in [0, 0.1) is 5.92 Å². The van der Waals surface area contributed by atoms with Crippen LogP contribution >= 0.6 is 0 Å². The Morgan fingerprint density at radius 3 is 2.82 bits per heavy atom. The van der Waals surface area contributed by atoms with E-state index < -0.39 is 5.54 Å². The zero-order valence-corrected chi connectivity index (χ0v) is 11.1. The van der Waals surface area contributed by atoms with E-state index in [0.717, 1.165) is 31.6 Å². The van der Waals surface area contributed by atoms with Crippen molar-refractivity contribution in [1.82, 2.24) is 5.32 Å². The second kappa shape index (κ2) is 6.97. The van der Waals surface area contributed by atoms with E-state index in [0.29, 0.717) is 13.2 Å². The molecule has 2 unspecified atom stereocenters. The molecule has 17 heavy (non-hydrogen) atoms. The Labute approximate surface area is 104 Å². The third-order valence-corrected chi connectivity index (χ3v) is 4.01. The summed E-state index contributed by atoms with van der Waals surface area (Å²) in [6.07, 6.45) is 6.33. The van der Waals surface area contributed by atoms with Crippen molar-refractivity contribution in [3.8, 4) is 0 Å². The number of methoxy groups -OCH3 is 1. The largest absolute Gasteiger partial charge is 0.383 e. The summed E-state index contributed by atoms with van der Waals surface area (Å²) < 4.78 is 5.02. The van der Waals surface area contributed by atoms with Gasteiger partial charge in [0.05, 0.1) is 12.1 Å². The second-order valence-corrected chi connectivity index (χ2v) is 5.07. The van der Waals surface area contributed by atoms with E-state index in [1.165, 1.54) is 12.8 Å². The highest BCUT2D eigenvalue weighted by Gasteiger charge is 2.37. The van der Waals surface area contributed by atoms with Crippen LogP contribution in [0.1, 0.15) is 45.4 Å². The highest BCUT2D eigenvalue weighted by molar-refractivity contribution is 5.84. The quantitative estimate of drug-likeness (QED) is 0.547. The number of carbonyl (C=O) groups is 1. The van der Waals surface area contributed by atoms with Crippen molar-refractivity contribution in [2.75, 3.05) is 20.3 Å². The Morgan fingerprint density at radius 1 is 1.47 bits per heavy atom. The molecule has 0 aromatic rings. The minimum Gasteiger partial charge on any atom is -0.383 e. The summed E-state index contributed by atoms with van der Waals surface area (Å²) in [5, 5.41) is 3.32. The third-order valence-electron chi connectivity index (χ3n) is 4.01. The van der Waals surface area contributed by atoms with E-state index in [1.54, 1.807) is 7.11 Å². The topological polar surface area (TPSA) is 64.3 Å². The molecule has 1 aliphatic rings. The first-order valence-electron chi connectivity index (χ1n) is 6.68. The van der Waals surface area contributed by atoms with Crippen LogP contribution in [0.5, 0.6) is 0 Å². The molecule has 0 saturated heterocycles. The van der Waals surface area contributed by atoms with E-state index in [4.69, 9.17) is 10.5 Å². The minimum atomic E-state index is -0.498. The van der Waals surface area contributed by atoms with Crippen LogP contribution in [0.25, 0.3) is 0 Å². The molecule has 0 aromatic carbocycles. The predicted molar refractivity (Wildman–Crippen MR) is 68.7 cm³/mol. The van der Waals surface area contributed by atoms with Crippen LogP contribution in [0.15, 0.2) is 0 Å². The summed E-state index contributed by atoms with van der Waals surface area (Å²) in [4.78, 5) is 11.7. The Balaban J connectivity index is 2.60. The molecule has 1 fully saturated rings. The number of ether oxygens (including phenoxy) is 1. The van der Waals surface area contributed by atoms with Crippen molar-refractivity contribution in [2.24, 2.45) is 11.7 Å². The Kier molecular flexibility index (Phi) is 5.92. The molecule has 3 N–H and O–H groups in total. The van der Waals surface area contributed by atoms with Crippen LogP contribution in [-0.2, 0) is 9.53 Å². The van der Waals surface area contributed by atoms with Gasteiger partial charge >= 0.3 is 0 Å². The Bertz CT molecular complexity index is 246. The average Bonchev–Trinajstić information content (AvgIpc) is 2.53. The zero-order valence-electron chi connectivity index (χ0n) is 11.1. The van der Waals surface area contributed by atoms with Crippen LogP contribution in [0.4, 0.5) is 0 Å². The molecule has 0 aromatic heterocycles. The van der Waals surface area contributed by atoms with Gasteiger partial charge in [-0.25, -0.2) is 0 Å². The van der Waals surface area contributed by atoms with E-state index in [9.17, 15) is 4.79 Å². The second-order valence-electron chi connectivity index (χ2n) is 5.07. The van der Waals surface area contributed by atoms with Gasteiger partial charge in [0, 0.05) is 13.7 Å². The highest BCUT2D eigenvalue weighted by atomic mass is 16.5. The molecule has 2 atom stereocenters. The zero-order chi connectivity index (χ0) is 12.7. The summed E-state index contributed by atoms with van der Waals surface area (Å²) in [5.74, 6) is 0.547. The van der Waals surface area contributed by atoms with Crippen molar-refractivity contribution in [3.63, 3.8) is 0 Å². The van der Waals surface area contributed by atoms with Crippen molar-refractivity contribution < 1.29 is 9.53 Å². The average molecular weight is 242 g/mol. The minimum absolute atomic E-state index is 0.203. The maximum absolute atomic E-state index is 11.7. The molecule has 4 nitrogen and oxygen atoms in total. The first-order valence-corrected chi connectivity index (χ1v) is 6.68. The maximum Gasteiger partial charge on any atom is 0.237 e. The molecule has 0 bridgehead atoms. The van der Waals surface area contributed by atoms with Gasteiger partial charge in [-0.05, 0) is 25.2 Å². The predicted octanol–water partition coefficient (Wildman–Crippen LogP) is 1.44. The summed E-state index contributed by atoms with van der Waals surface area (Å²) in [7, 11) is 1.67. The van der Waals surface area contributed by atoms with E-state index >= 15 is 0 Å². The molecule has 0 aliphatic heterocycles. The smallest absolute Gasteiger partial charge is 0.237 e. The molecule has 100 valence electrons. The number of hydrogen-bond acceptors (Lipinski definition) is 3. The van der Waals surface area contributed by atoms with Gasteiger partial charge in [0.1, 0.15) is 0 Å². The van der Waals surface area contributed by atoms with Gasteiger partial charge in [-0.3, -0.25) is 4.79 Å². The number of nitrogens with one attached hydrogen (secondary N) is 1. The standard InChI is InChI=1S/C13H26N2O2/c1-3-11-5-4-7-13(8-6-11,12(14)16)15-9-10-17-2/h11,15H,3-10H2,1-2H3,(H2,14,16).